The minimum absolute atomic E-state index is 0.0231. The third kappa shape index (κ3) is 4.72. The quantitative estimate of drug-likeness (QED) is 0.615. The molecule has 1 fully saturated rings. The lowest BCUT2D eigenvalue weighted by Crippen LogP contribution is -2.24. The molecule has 1 aliphatic rings. The molecule has 1 atom stereocenters. The first kappa shape index (κ1) is 20.3. The Bertz CT molecular complexity index is 797. The van der Waals surface area contributed by atoms with Crippen LogP contribution in [0, 0.1) is 13.8 Å². The van der Waals surface area contributed by atoms with Gasteiger partial charge in [-0.15, -0.1) is 11.8 Å². The number of aromatic nitrogens is 2. The standard InChI is InChI=1S/C21H29N3OS2/c1-14-15(2)24(17-10-6-5-7-11-17)21(22-14)27-16(3)20(25)23-18-12-8-9-13-19(18)26-4/h8-9,12-13,16-17H,5-7,10-11H2,1-4H3,(H,23,25). The number of hydrogen-bond acceptors (Lipinski definition) is 4. The summed E-state index contributed by atoms with van der Waals surface area (Å²) in [6.45, 7) is 6.19. The zero-order chi connectivity index (χ0) is 19.4. The highest BCUT2D eigenvalue weighted by atomic mass is 32.2. The Labute approximate surface area is 170 Å². The van der Waals surface area contributed by atoms with Crippen LogP contribution in [0.1, 0.15) is 56.5 Å². The Balaban J connectivity index is 1.74. The van der Waals surface area contributed by atoms with E-state index >= 15 is 0 Å². The van der Waals surface area contributed by atoms with Gasteiger partial charge in [0, 0.05) is 16.6 Å². The van der Waals surface area contributed by atoms with Gasteiger partial charge >= 0.3 is 0 Å². The van der Waals surface area contributed by atoms with Crippen LogP contribution in [0.4, 0.5) is 5.69 Å². The van der Waals surface area contributed by atoms with E-state index in [1.165, 1.54) is 37.8 Å². The average molecular weight is 404 g/mol. The van der Waals surface area contributed by atoms with E-state index in [1.807, 2.05) is 37.4 Å². The molecule has 1 aromatic carbocycles. The van der Waals surface area contributed by atoms with Crippen LogP contribution in [0.25, 0.3) is 0 Å². The topological polar surface area (TPSA) is 46.9 Å². The molecule has 1 aromatic heterocycles. The zero-order valence-corrected chi connectivity index (χ0v) is 18.3. The van der Waals surface area contributed by atoms with Gasteiger partial charge in [-0.3, -0.25) is 4.79 Å². The second kappa shape index (κ2) is 9.20. The molecular weight excluding hydrogens is 374 g/mol. The van der Waals surface area contributed by atoms with Gasteiger partial charge < -0.3 is 9.88 Å². The number of thioether (sulfide) groups is 2. The van der Waals surface area contributed by atoms with Crippen LogP contribution in [0.3, 0.4) is 0 Å². The van der Waals surface area contributed by atoms with E-state index in [1.54, 1.807) is 23.5 Å². The molecule has 1 N–H and O–H groups in total. The largest absolute Gasteiger partial charge is 0.324 e. The van der Waals surface area contributed by atoms with Gasteiger partial charge in [0.15, 0.2) is 5.16 Å². The van der Waals surface area contributed by atoms with Crippen LogP contribution >= 0.6 is 23.5 Å². The Hall–Kier alpha value is -1.40. The fraction of sp³-hybridized carbons (Fsp3) is 0.524. The van der Waals surface area contributed by atoms with Gasteiger partial charge in [-0.1, -0.05) is 43.2 Å². The van der Waals surface area contributed by atoms with Crippen molar-refractivity contribution < 1.29 is 4.79 Å². The summed E-state index contributed by atoms with van der Waals surface area (Å²) in [5.41, 5.74) is 3.19. The lowest BCUT2D eigenvalue weighted by molar-refractivity contribution is -0.115. The number of para-hydroxylation sites is 1. The van der Waals surface area contributed by atoms with Crippen molar-refractivity contribution >= 4 is 35.1 Å². The van der Waals surface area contributed by atoms with Crippen LogP contribution < -0.4 is 5.32 Å². The predicted octanol–water partition coefficient (Wildman–Crippen LogP) is 5.85. The first-order valence-corrected chi connectivity index (χ1v) is 11.8. The fourth-order valence-electron chi connectivity index (χ4n) is 3.64. The third-order valence-corrected chi connectivity index (χ3v) is 7.17. The average Bonchev–Trinajstić information content (AvgIpc) is 2.96. The smallest absolute Gasteiger partial charge is 0.237 e. The van der Waals surface area contributed by atoms with Crippen molar-refractivity contribution in [2.75, 3.05) is 11.6 Å². The van der Waals surface area contributed by atoms with E-state index in [4.69, 9.17) is 4.98 Å². The summed E-state index contributed by atoms with van der Waals surface area (Å²) in [5, 5.41) is 3.86. The Morgan fingerprint density at radius 3 is 2.63 bits per heavy atom. The summed E-state index contributed by atoms with van der Waals surface area (Å²) in [6, 6.07) is 8.45. The van der Waals surface area contributed by atoms with Crippen LogP contribution in [0.5, 0.6) is 0 Å². The monoisotopic (exact) mass is 403 g/mol. The van der Waals surface area contributed by atoms with Gasteiger partial charge in [0.2, 0.25) is 5.91 Å². The molecule has 2 aromatic rings. The molecule has 1 aliphatic carbocycles. The van der Waals surface area contributed by atoms with Crippen molar-refractivity contribution in [2.45, 2.75) is 74.2 Å². The molecule has 6 heteroatoms. The highest BCUT2D eigenvalue weighted by molar-refractivity contribution is 8.00. The fourth-order valence-corrected chi connectivity index (χ4v) is 5.27. The summed E-state index contributed by atoms with van der Waals surface area (Å²) in [4.78, 5) is 18.7. The van der Waals surface area contributed by atoms with Crippen LogP contribution in [-0.2, 0) is 4.79 Å². The van der Waals surface area contributed by atoms with E-state index < -0.39 is 0 Å². The minimum Gasteiger partial charge on any atom is -0.324 e. The molecule has 4 nitrogen and oxygen atoms in total. The first-order valence-electron chi connectivity index (χ1n) is 9.67. The van der Waals surface area contributed by atoms with Crippen molar-refractivity contribution in [3.63, 3.8) is 0 Å². The molecule has 0 aliphatic heterocycles. The summed E-state index contributed by atoms with van der Waals surface area (Å²) in [7, 11) is 0. The van der Waals surface area contributed by atoms with Crippen molar-refractivity contribution in [1.29, 1.82) is 0 Å². The van der Waals surface area contributed by atoms with E-state index in [-0.39, 0.29) is 11.2 Å². The summed E-state index contributed by atoms with van der Waals surface area (Å²) < 4.78 is 2.39. The Morgan fingerprint density at radius 1 is 1.22 bits per heavy atom. The zero-order valence-electron chi connectivity index (χ0n) is 16.6. The third-order valence-electron chi connectivity index (χ3n) is 5.31. The van der Waals surface area contributed by atoms with Gasteiger partial charge in [-0.05, 0) is 52.0 Å². The normalized spacial score (nSPS) is 16.3. The van der Waals surface area contributed by atoms with E-state index in [0.717, 1.165) is 21.4 Å². The highest BCUT2D eigenvalue weighted by Gasteiger charge is 2.25. The summed E-state index contributed by atoms with van der Waals surface area (Å²) in [6.07, 6.45) is 8.35. The number of anilines is 1. The van der Waals surface area contributed by atoms with Crippen LogP contribution in [0.15, 0.2) is 34.3 Å². The number of aryl methyl sites for hydroxylation is 1. The second-order valence-corrected chi connectivity index (χ2v) is 9.33. The number of hydrogen-bond donors (Lipinski definition) is 1. The van der Waals surface area contributed by atoms with Crippen molar-refractivity contribution in [1.82, 2.24) is 9.55 Å². The number of benzene rings is 1. The molecule has 1 unspecified atom stereocenters. The molecule has 1 saturated carbocycles. The lowest BCUT2D eigenvalue weighted by atomic mass is 9.95. The maximum absolute atomic E-state index is 12.8. The maximum Gasteiger partial charge on any atom is 0.237 e. The van der Waals surface area contributed by atoms with Gasteiger partial charge in [-0.2, -0.15) is 0 Å². The summed E-state index contributed by atoms with van der Waals surface area (Å²) >= 11 is 3.21. The number of nitrogens with one attached hydrogen (secondary N) is 1. The first-order chi connectivity index (χ1) is 13.0. The van der Waals surface area contributed by atoms with Gasteiger partial charge in [0.1, 0.15) is 0 Å². The second-order valence-electron chi connectivity index (χ2n) is 7.18. The molecule has 0 radical (unpaired) electrons. The highest BCUT2D eigenvalue weighted by Crippen LogP contribution is 2.35. The summed E-state index contributed by atoms with van der Waals surface area (Å²) in [5.74, 6) is 0.0231. The number of carbonyl (C=O) groups excluding carboxylic acids is 1. The molecule has 0 bridgehead atoms. The van der Waals surface area contributed by atoms with Crippen molar-refractivity contribution in [2.24, 2.45) is 0 Å². The Morgan fingerprint density at radius 2 is 1.93 bits per heavy atom. The maximum atomic E-state index is 12.8. The van der Waals surface area contributed by atoms with Crippen molar-refractivity contribution in [3.8, 4) is 0 Å². The minimum atomic E-state index is -0.205. The molecule has 0 saturated heterocycles. The molecule has 1 amide bonds. The molecule has 1 heterocycles. The van der Waals surface area contributed by atoms with Crippen LogP contribution in [0.2, 0.25) is 0 Å². The molecule has 146 valence electrons. The molecule has 0 spiro atoms. The van der Waals surface area contributed by atoms with Gasteiger partial charge in [0.25, 0.3) is 0 Å². The van der Waals surface area contributed by atoms with Gasteiger partial charge in [-0.25, -0.2) is 4.98 Å². The number of carbonyl (C=O) groups is 1. The number of amides is 1. The number of rotatable bonds is 6. The van der Waals surface area contributed by atoms with Crippen LogP contribution in [-0.4, -0.2) is 27.0 Å². The molecule has 3 rings (SSSR count). The number of imidazole rings is 1. The SMILES string of the molecule is CSc1ccccc1NC(=O)C(C)Sc1nc(C)c(C)n1C1CCCCC1. The predicted molar refractivity (Wildman–Crippen MR) is 116 cm³/mol. The van der Waals surface area contributed by atoms with E-state index in [9.17, 15) is 4.79 Å². The van der Waals surface area contributed by atoms with Crippen molar-refractivity contribution in [3.05, 3.63) is 35.7 Å². The Kier molecular flexibility index (Phi) is 6.93. The molecular formula is C21H29N3OS2. The number of nitrogens with zero attached hydrogens (tertiary/aromatic N) is 2. The van der Waals surface area contributed by atoms with E-state index in [0.29, 0.717) is 6.04 Å². The molecule has 27 heavy (non-hydrogen) atoms. The lowest BCUT2D eigenvalue weighted by Gasteiger charge is -2.26. The van der Waals surface area contributed by atoms with Gasteiger partial charge in [0.05, 0.1) is 16.6 Å². The van der Waals surface area contributed by atoms with E-state index in [2.05, 4.69) is 23.7 Å².